The number of nitriles is 1. The number of rotatable bonds is 7. The molecule has 0 saturated heterocycles. The molecular weight excluding hydrogens is 310 g/mol. The van der Waals surface area contributed by atoms with E-state index in [1.54, 1.807) is 6.07 Å². The van der Waals surface area contributed by atoms with Crippen molar-refractivity contribution >= 4 is 23.9 Å². The van der Waals surface area contributed by atoms with Crippen molar-refractivity contribution in [2.75, 3.05) is 0 Å². The third-order valence-corrected chi connectivity index (χ3v) is 2.46. The average molecular weight is 329 g/mol. The number of esters is 4. The van der Waals surface area contributed by atoms with E-state index < -0.39 is 48.3 Å². The third kappa shape index (κ3) is 7.80. The maximum Gasteiger partial charge on any atom is 0.304 e. The summed E-state index contributed by atoms with van der Waals surface area (Å²) in [6.07, 6.45) is -5.38. The van der Waals surface area contributed by atoms with Gasteiger partial charge in [0.2, 0.25) is 6.10 Å². The molecule has 0 radical (unpaired) electrons. The number of hydrogen-bond acceptors (Lipinski definition) is 9. The Balaban J connectivity index is 5.63. The molecule has 0 aromatic heterocycles. The van der Waals surface area contributed by atoms with Crippen LogP contribution in [-0.4, -0.2) is 48.3 Å². The molecule has 0 aromatic rings. The summed E-state index contributed by atoms with van der Waals surface area (Å²) in [7, 11) is 0. The Morgan fingerprint density at radius 3 is 1.48 bits per heavy atom. The lowest BCUT2D eigenvalue weighted by Gasteiger charge is -2.31. The Morgan fingerprint density at radius 2 is 1.13 bits per heavy atom. The van der Waals surface area contributed by atoms with Gasteiger partial charge in [0.25, 0.3) is 0 Å². The van der Waals surface area contributed by atoms with Crippen LogP contribution in [0.5, 0.6) is 0 Å². The van der Waals surface area contributed by atoms with Crippen molar-refractivity contribution in [3.05, 3.63) is 0 Å². The van der Waals surface area contributed by atoms with Gasteiger partial charge in [0.15, 0.2) is 12.2 Å². The predicted octanol–water partition coefficient (Wildman–Crippen LogP) is 0.257. The fourth-order valence-electron chi connectivity index (χ4n) is 1.79. The Morgan fingerprint density at radius 1 is 0.739 bits per heavy atom. The van der Waals surface area contributed by atoms with Gasteiger partial charge in [0, 0.05) is 27.7 Å². The van der Waals surface area contributed by atoms with Gasteiger partial charge in [-0.15, -0.1) is 0 Å². The van der Waals surface area contributed by atoms with Gasteiger partial charge in [-0.05, 0) is 6.92 Å². The minimum atomic E-state index is -1.54. The van der Waals surface area contributed by atoms with Crippen LogP contribution in [0.25, 0.3) is 0 Å². The van der Waals surface area contributed by atoms with E-state index in [1.807, 2.05) is 0 Å². The number of ether oxygens (including phenoxy) is 4. The second-order valence-corrected chi connectivity index (χ2v) is 4.62. The summed E-state index contributed by atoms with van der Waals surface area (Å²) in [6.45, 7) is 5.73. The largest absolute Gasteiger partial charge is 0.459 e. The van der Waals surface area contributed by atoms with Crippen molar-refractivity contribution in [1.29, 1.82) is 5.26 Å². The van der Waals surface area contributed by atoms with Gasteiger partial charge in [0.05, 0.1) is 0 Å². The highest BCUT2D eigenvalue weighted by Crippen LogP contribution is 2.18. The highest BCUT2D eigenvalue weighted by Gasteiger charge is 2.41. The normalized spacial score (nSPS) is 15.1. The molecule has 9 heteroatoms. The van der Waals surface area contributed by atoms with Gasteiger partial charge < -0.3 is 18.9 Å². The van der Waals surface area contributed by atoms with E-state index in [0.717, 1.165) is 27.7 Å². The van der Waals surface area contributed by atoms with E-state index in [0.29, 0.717) is 0 Å². The van der Waals surface area contributed by atoms with Gasteiger partial charge in [-0.3, -0.25) is 19.2 Å². The highest BCUT2D eigenvalue weighted by molar-refractivity contribution is 5.69. The van der Waals surface area contributed by atoms with Crippen LogP contribution < -0.4 is 0 Å². The van der Waals surface area contributed by atoms with Crippen molar-refractivity contribution < 1.29 is 38.1 Å². The van der Waals surface area contributed by atoms with E-state index in [-0.39, 0.29) is 0 Å². The second kappa shape index (κ2) is 9.40. The highest BCUT2D eigenvalue weighted by atomic mass is 16.6. The number of nitrogens with zero attached hydrogens (tertiary/aromatic N) is 1. The van der Waals surface area contributed by atoms with Crippen LogP contribution in [0.4, 0.5) is 0 Å². The molecule has 0 spiro atoms. The minimum absolute atomic E-state index is 0.669. The first-order chi connectivity index (χ1) is 10.6. The molecule has 0 rings (SSSR count). The predicted molar refractivity (Wildman–Crippen MR) is 73.5 cm³/mol. The maximum atomic E-state index is 11.3. The van der Waals surface area contributed by atoms with E-state index in [9.17, 15) is 19.2 Å². The zero-order chi connectivity index (χ0) is 18.2. The van der Waals surface area contributed by atoms with E-state index in [2.05, 4.69) is 0 Å². The van der Waals surface area contributed by atoms with Gasteiger partial charge in [0.1, 0.15) is 12.2 Å². The Labute approximate surface area is 133 Å². The smallest absolute Gasteiger partial charge is 0.304 e. The number of hydrogen-bond donors (Lipinski definition) is 0. The lowest BCUT2D eigenvalue weighted by Crippen LogP contribution is -2.50. The van der Waals surface area contributed by atoms with Gasteiger partial charge >= 0.3 is 23.9 Å². The fourth-order valence-corrected chi connectivity index (χ4v) is 1.79. The molecule has 0 N–H and O–H groups in total. The van der Waals surface area contributed by atoms with Crippen molar-refractivity contribution in [2.24, 2.45) is 0 Å². The molecular formula is C14H19NO8. The Hall–Kier alpha value is -2.63. The Bertz CT molecular complexity index is 509. The molecule has 0 bridgehead atoms. The lowest BCUT2D eigenvalue weighted by molar-refractivity contribution is -0.192. The topological polar surface area (TPSA) is 129 Å². The molecule has 0 saturated carbocycles. The SMILES string of the molecule is CC(=O)OC(C)C(OC(C)=O)C(OC(C)=O)C(C#N)OC(C)=O. The number of carbonyl (C=O) groups excluding carboxylic acids is 4. The van der Waals surface area contributed by atoms with Crippen LogP contribution in [0.1, 0.15) is 34.6 Å². The summed E-state index contributed by atoms with van der Waals surface area (Å²) in [5, 5.41) is 9.14. The average Bonchev–Trinajstić information content (AvgIpc) is 2.38. The van der Waals surface area contributed by atoms with Crippen LogP contribution >= 0.6 is 0 Å². The van der Waals surface area contributed by atoms with Gasteiger partial charge in [-0.2, -0.15) is 5.26 Å². The molecule has 0 aliphatic rings. The third-order valence-electron chi connectivity index (χ3n) is 2.46. The summed E-state index contributed by atoms with van der Waals surface area (Å²) < 4.78 is 19.7. The Kier molecular flexibility index (Phi) is 8.33. The standard InChI is InChI=1S/C14H19NO8/c1-7(20-8(2)16)13(22-10(4)18)14(23-11(5)19)12(6-15)21-9(3)17/h7,12-14H,1-5H3. The van der Waals surface area contributed by atoms with Gasteiger partial charge in [-0.25, -0.2) is 0 Å². The molecule has 0 heterocycles. The second-order valence-electron chi connectivity index (χ2n) is 4.62. The molecule has 4 atom stereocenters. The summed E-state index contributed by atoms with van der Waals surface area (Å²) in [5.74, 6) is -3.02. The molecule has 0 aliphatic carbocycles. The summed E-state index contributed by atoms with van der Waals surface area (Å²) in [4.78, 5) is 44.7. The van der Waals surface area contributed by atoms with Crippen LogP contribution in [-0.2, 0) is 38.1 Å². The quantitative estimate of drug-likeness (QED) is 0.476. The fraction of sp³-hybridized carbons (Fsp3) is 0.643. The van der Waals surface area contributed by atoms with E-state index in [4.69, 9.17) is 24.2 Å². The lowest BCUT2D eigenvalue weighted by atomic mass is 10.0. The zero-order valence-corrected chi connectivity index (χ0v) is 13.5. The first-order valence-electron chi connectivity index (χ1n) is 6.67. The van der Waals surface area contributed by atoms with Crippen molar-refractivity contribution in [3.8, 4) is 6.07 Å². The van der Waals surface area contributed by atoms with Gasteiger partial charge in [-0.1, -0.05) is 0 Å². The molecule has 128 valence electrons. The van der Waals surface area contributed by atoms with Crippen molar-refractivity contribution in [1.82, 2.24) is 0 Å². The van der Waals surface area contributed by atoms with Crippen molar-refractivity contribution in [3.63, 3.8) is 0 Å². The van der Waals surface area contributed by atoms with E-state index in [1.165, 1.54) is 6.92 Å². The minimum Gasteiger partial charge on any atom is -0.459 e. The monoisotopic (exact) mass is 329 g/mol. The molecule has 4 unspecified atom stereocenters. The van der Waals surface area contributed by atoms with Crippen molar-refractivity contribution in [2.45, 2.75) is 59.0 Å². The zero-order valence-electron chi connectivity index (χ0n) is 13.5. The summed E-state index contributed by atoms with van der Waals surface area (Å²) >= 11 is 0. The van der Waals surface area contributed by atoms with Crippen LogP contribution in [0.2, 0.25) is 0 Å². The summed E-state index contributed by atoms with van der Waals surface area (Å²) in [5.41, 5.74) is 0. The molecule has 0 amide bonds. The maximum absolute atomic E-state index is 11.3. The van der Waals surface area contributed by atoms with E-state index >= 15 is 0 Å². The molecule has 0 fully saturated rings. The molecule has 0 aromatic carbocycles. The summed E-state index contributed by atoms with van der Waals surface area (Å²) in [6, 6.07) is 1.65. The molecule has 9 nitrogen and oxygen atoms in total. The molecule has 0 aliphatic heterocycles. The molecule has 23 heavy (non-hydrogen) atoms. The van der Waals surface area contributed by atoms with Crippen LogP contribution in [0, 0.1) is 11.3 Å². The van der Waals surface area contributed by atoms with Crippen LogP contribution in [0.3, 0.4) is 0 Å². The first kappa shape index (κ1) is 20.4. The van der Waals surface area contributed by atoms with Crippen LogP contribution in [0.15, 0.2) is 0 Å². The first-order valence-corrected chi connectivity index (χ1v) is 6.67. The number of carbonyl (C=O) groups is 4.